The van der Waals surface area contributed by atoms with Crippen molar-refractivity contribution in [3.05, 3.63) is 35.9 Å². The van der Waals surface area contributed by atoms with E-state index in [0.29, 0.717) is 38.6 Å². The van der Waals surface area contributed by atoms with Crippen molar-refractivity contribution in [2.24, 2.45) is 23.3 Å². The number of hydrogen-bond acceptors (Lipinski definition) is 6. The second-order valence-electron chi connectivity index (χ2n) is 9.90. The highest BCUT2D eigenvalue weighted by atomic mass is 16.4. The molecule has 4 unspecified atom stereocenters. The van der Waals surface area contributed by atoms with Crippen LogP contribution in [-0.4, -0.2) is 59.5 Å². The molecule has 0 aromatic heterocycles. The molecule has 202 valence electrons. The molecule has 0 spiro atoms. The average molecular weight is 506 g/mol. The van der Waals surface area contributed by atoms with Gasteiger partial charge < -0.3 is 32.5 Å². The average Bonchev–Trinajstić information content (AvgIpc) is 2.81. The van der Waals surface area contributed by atoms with Gasteiger partial charge in [-0.05, 0) is 56.0 Å². The Balaban J connectivity index is 2.96. The number of carbonyl (C=O) groups excluding carboxylic acids is 3. The van der Waals surface area contributed by atoms with Crippen molar-refractivity contribution >= 4 is 23.7 Å². The van der Waals surface area contributed by atoms with E-state index in [9.17, 15) is 24.3 Å². The van der Waals surface area contributed by atoms with Gasteiger partial charge in [-0.1, -0.05) is 58.0 Å². The van der Waals surface area contributed by atoms with Gasteiger partial charge in [0.15, 0.2) is 0 Å². The minimum absolute atomic E-state index is 0.0490. The third-order valence-corrected chi connectivity index (χ3v) is 5.79. The molecule has 0 aliphatic rings. The summed E-state index contributed by atoms with van der Waals surface area (Å²) < 4.78 is 0. The number of carboxylic acids is 1. The fraction of sp³-hybridized carbons (Fsp3) is 0.615. The summed E-state index contributed by atoms with van der Waals surface area (Å²) >= 11 is 0. The van der Waals surface area contributed by atoms with E-state index < -0.39 is 47.9 Å². The zero-order chi connectivity index (χ0) is 27.3. The molecular formula is C26H43N5O5. The molecule has 1 aromatic rings. The normalized spacial score (nSPS) is 14.6. The van der Waals surface area contributed by atoms with E-state index in [2.05, 4.69) is 16.0 Å². The standard InChI is InChI=1S/C26H43N5O5/c1-16(2)14-21(25(34)31-22(17(3)4)26(35)36)30-24(33)20(12-8-9-13-27)29-23(32)19(28)15-18-10-6-5-7-11-18/h5-7,10-11,16-17,19-22H,8-9,12-15,27-28H2,1-4H3,(H,29,32)(H,30,33)(H,31,34)(H,35,36). The zero-order valence-corrected chi connectivity index (χ0v) is 21.8. The van der Waals surface area contributed by atoms with Gasteiger partial charge in [-0.3, -0.25) is 14.4 Å². The van der Waals surface area contributed by atoms with Crippen LogP contribution in [0.25, 0.3) is 0 Å². The smallest absolute Gasteiger partial charge is 0.326 e. The number of carboxylic acid groups (broad SMARTS) is 1. The predicted octanol–water partition coefficient (Wildman–Crippen LogP) is 0.927. The molecule has 8 N–H and O–H groups in total. The third kappa shape index (κ3) is 11.2. The minimum Gasteiger partial charge on any atom is -0.480 e. The van der Waals surface area contributed by atoms with Gasteiger partial charge in [0.1, 0.15) is 18.1 Å². The second kappa shape index (κ2) is 15.9. The maximum Gasteiger partial charge on any atom is 0.326 e. The van der Waals surface area contributed by atoms with Gasteiger partial charge in [0.05, 0.1) is 6.04 Å². The first-order valence-corrected chi connectivity index (χ1v) is 12.6. The lowest BCUT2D eigenvalue weighted by atomic mass is 9.99. The van der Waals surface area contributed by atoms with E-state index in [1.165, 1.54) is 0 Å². The maximum atomic E-state index is 13.2. The molecule has 4 atom stereocenters. The zero-order valence-electron chi connectivity index (χ0n) is 21.8. The number of unbranched alkanes of at least 4 members (excludes halogenated alkanes) is 1. The lowest BCUT2D eigenvalue weighted by molar-refractivity contribution is -0.143. The lowest BCUT2D eigenvalue weighted by Gasteiger charge is -2.27. The Hall–Kier alpha value is -2.98. The van der Waals surface area contributed by atoms with Crippen LogP contribution in [0.1, 0.15) is 58.9 Å². The quantitative estimate of drug-likeness (QED) is 0.181. The summed E-state index contributed by atoms with van der Waals surface area (Å²) in [7, 11) is 0. The largest absolute Gasteiger partial charge is 0.480 e. The molecule has 0 bridgehead atoms. The van der Waals surface area contributed by atoms with Gasteiger partial charge in [-0.2, -0.15) is 0 Å². The molecule has 0 radical (unpaired) electrons. The van der Waals surface area contributed by atoms with Gasteiger partial charge in [-0.15, -0.1) is 0 Å². The van der Waals surface area contributed by atoms with Gasteiger partial charge in [0.25, 0.3) is 0 Å². The van der Waals surface area contributed by atoms with E-state index in [-0.39, 0.29) is 11.8 Å². The first kappa shape index (κ1) is 31.1. The summed E-state index contributed by atoms with van der Waals surface area (Å²) in [5, 5.41) is 17.4. The van der Waals surface area contributed by atoms with Crippen LogP contribution in [0.2, 0.25) is 0 Å². The lowest BCUT2D eigenvalue weighted by Crippen LogP contribution is -2.58. The number of carbonyl (C=O) groups is 4. The molecule has 10 nitrogen and oxygen atoms in total. The van der Waals surface area contributed by atoms with Crippen molar-refractivity contribution in [3.63, 3.8) is 0 Å². The van der Waals surface area contributed by atoms with E-state index in [1.807, 2.05) is 44.2 Å². The van der Waals surface area contributed by atoms with Gasteiger partial charge in [0, 0.05) is 0 Å². The van der Waals surface area contributed by atoms with Crippen LogP contribution >= 0.6 is 0 Å². The maximum absolute atomic E-state index is 13.2. The van der Waals surface area contributed by atoms with Crippen molar-refractivity contribution in [2.45, 2.75) is 84.0 Å². The topological polar surface area (TPSA) is 177 Å². The van der Waals surface area contributed by atoms with Crippen molar-refractivity contribution in [3.8, 4) is 0 Å². The van der Waals surface area contributed by atoms with Crippen molar-refractivity contribution in [2.75, 3.05) is 6.54 Å². The summed E-state index contributed by atoms with van der Waals surface area (Å²) in [6.07, 6.45) is 2.21. The molecule has 0 heterocycles. The van der Waals surface area contributed by atoms with Crippen LogP contribution in [0.4, 0.5) is 0 Å². The van der Waals surface area contributed by atoms with Crippen molar-refractivity contribution < 1.29 is 24.3 Å². The van der Waals surface area contributed by atoms with E-state index in [1.54, 1.807) is 13.8 Å². The molecule has 0 fully saturated rings. The predicted molar refractivity (Wildman–Crippen MR) is 139 cm³/mol. The van der Waals surface area contributed by atoms with Crippen LogP contribution in [-0.2, 0) is 25.6 Å². The SMILES string of the molecule is CC(C)CC(NC(=O)C(CCCCN)NC(=O)C(N)Cc1ccccc1)C(=O)NC(C(=O)O)C(C)C. The molecule has 0 aliphatic carbocycles. The molecule has 0 saturated heterocycles. The van der Waals surface area contributed by atoms with Crippen LogP contribution in [0.3, 0.4) is 0 Å². The Morgan fingerprint density at radius 1 is 0.861 bits per heavy atom. The summed E-state index contributed by atoms with van der Waals surface area (Å²) in [5.74, 6) is -3.01. The highest BCUT2D eigenvalue weighted by Crippen LogP contribution is 2.10. The van der Waals surface area contributed by atoms with Crippen LogP contribution in [0.5, 0.6) is 0 Å². The van der Waals surface area contributed by atoms with E-state index in [4.69, 9.17) is 11.5 Å². The number of amides is 3. The van der Waals surface area contributed by atoms with Crippen molar-refractivity contribution in [1.82, 2.24) is 16.0 Å². The fourth-order valence-corrected chi connectivity index (χ4v) is 3.74. The first-order valence-electron chi connectivity index (χ1n) is 12.6. The van der Waals surface area contributed by atoms with E-state index in [0.717, 1.165) is 5.56 Å². The second-order valence-corrected chi connectivity index (χ2v) is 9.90. The Kier molecular flexibility index (Phi) is 13.7. The Morgan fingerprint density at radius 2 is 1.44 bits per heavy atom. The number of nitrogens with two attached hydrogens (primary N) is 2. The molecule has 3 amide bonds. The first-order chi connectivity index (χ1) is 17.0. The Morgan fingerprint density at radius 3 is 1.97 bits per heavy atom. The molecule has 0 aliphatic heterocycles. The summed E-state index contributed by atoms with van der Waals surface area (Å²) in [4.78, 5) is 50.5. The van der Waals surface area contributed by atoms with E-state index >= 15 is 0 Å². The Bertz CT molecular complexity index is 846. The third-order valence-electron chi connectivity index (χ3n) is 5.79. The summed E-state index contributed by atoms with van der Waals surface area (Å²) in [6.45, 7) is 7.62. The summed E-state index contributed by atoms with van der Waals surface area (Å²) in [6, 6.07) is 5.53. The molecule has 0 saturated carbocycles. The van der Waals surface area contributed by atoms with Gasteiger partial charge in [0.2, 0.25) is 17.7 Å². The number of nitrogens with one attached hydrogen (secondary N) is 3. The number of aliphatic carboxylic acids is 1. The Labute approximate surface area is 213 Å². The minimum atomic E-state index is -1.15. The van der Waals surface area contributed by atoms with Gasteiger partial charge in [-0.25, -0.2) is 4.79 Å². The number of benzene rings is 1. The number of hydrogen-bond donors (Lipinski definition) is 6. The molecule has 10 heteroatoms. The van der Waals surface area contributed by atoms with Crippen molar-refractivity contribution in [1.29, 1.82) is 0 Å². The van der Waals surface area contributed by atoms with Gasteiger partial charge >= 0.3 is 5.97 Å². The highest BCUT2D eigenvalue weighted by Gasteiger charge is 2.31. The fourth-order valence-electron chi connectivity index (χ4n) is 3.74. The molecule has 1 aromatic carbocycles. The molecule has 1 rings (SSSR count). The molecule has 36 heavy (non-hydrogen) atoms. The van der Waals surface area contributed by atoms with Crippen LogP contribution < -0.4 is 27.4 Å². The number of rotatable bonds is 16. The highest BCUT2D eigenvalue weighted by molar-refractivity contribution is 5.94. The van der Waals surface area contributed by atoms with Crippen LogP contribution in [0.15, 0.2) is 30.3 Å². The monoisotopic (exact) mass is 505 g/mol. The molecular weight excluding hydrogens is 462 g/mol. The van der Waals surface area contributed by atoms with Crippen LogP contribution in [0, 0.1) is 11.8 Å². The summed E-state index contributed by atoms with van der Waals surface area (Å²) in [5.41, 5.74) is 12.6.